The van der Waals surface area contributed by atoms with Crippen LogP contribution in [0.1, 0.15) is 0 Å². The lowest BCUT2D eigenvalue weighted by atomic mass is 10.3. The van der Waals surface area contributed by atoms with Crippen molar-refractivity contribution in [3.8, 4) is 5.75 Å². The maximum absolute atomic E-state index is 12.1. The minimum atomic E-state index is -0.256. The van der Waals surface area contributed by atoms with Crippen LogP contribution in [-0.4, -0.2) is 44.0 Å². The van der Waals surface area contributed by atoms with Crippen LogP contribution in [-0.2, 0) is 9.59 Å². The van der Waals surface area contributed by atoms with Crippen molar-refractivity contribution in [3.63, 3.8) is 0 Å². The quantitative estimate of drug-likeness (QED) is 0.690. The van der Waals surface area contributed by atoms with Crippen LogP contribution in [0.3, 0.4) is 0 Å². The second-order valence-electron chi connectivity index (χ2n) is 5.62. The lowest BCUT2D eigenvalue weighted by molar-refractivity contribution is -0.119. The van der Waals surface area contributed by atoms with E-state index < -0.39 is 0 Å². The molecule has 0 aromatic heterocycles. The lowest BCUT2D eigenvalue weighted by Crippen LogP contribution is -2.36. The molecule has 8 heteroatoms. The molecule has 2 aromatic rings. The van der Waals surface area contributed by atoms with Gasteiger partial charge in [0.05, 0.1) is 30.9 Å². The van der Waals surface area contributed by atoms with Gasteiger partial charge in [0, 0.05) is 10.2 Å². The number of carbonyl (C=O) groups is 2. The molecule has 0 spiro atoms. The monoisotopic (exact) mass is 439 g/mol. The van der Waals surface area contributed by atoms with Gasteiger partial charge in [-0.25, -0.2) is 0 Å². The minimum absolute atomic E-state index is 0.0580. The van der Waals surface area contributed by atoms with Gasteiger partial charge in [0.15, 0.2) is 0 Å². The third-order valence-electron chi connectivity index (χ3n) is 3.41. The molecule has 6 nitrogen and oxygen atoms in total. The van der Waals surface area contributed by atoms with Crippen LogP contribution in [0.2, 0.25) is 5.02 Å². The topological polar surface area (TPSA) is 70.7 Å². The second kappa shape index (κ2) is 9.56. The number of hydrogen-bond donors (Lipinski definition) is 2. The van der Waals surface area contributed by atoms with Gasteiger partial charge in [-0.3, -0.25) is 14.5 Å². The summed E-state index contributed by atoms with van der Waals surface area (Å²) in [7, 11) is 3.27. The van der Waals surface area contributed by atoms with Crippen molar-refractivity contribution in [2.24, 2.45) is 0 Å². The van der Waals surface area contributed by atoms with Gasteiger partial charge in [-0.2, -0.15) is 0 Å². The van der Waals surface area contributed by atoms with E-state index in [1.807, 2.05) is 0 Å². The number of methoxy groups -OCH3 is 1. The highest BCUT2D eigenvalue weighted by atomic mass is 79.9. The van der Waals surface area contributed by atoms with E-state index in [1.165, 1.54) is 0 Å². The van der Waals surface area contributed by atoms with Gasteiger partial charge in [0.1, 0.15) is 5.75 Å². The molecule has 0 fully saturated rings. The van der Waals surface area contributed by atoms with E-state index in [4.69, 9.17) is 16.3 Å². The summed E-state index contributed by atoms with van der Waals surface area (Å²) < 4.78 is 5.90. The average Bonchev–Trinajstić information content (AvgIpc) is 2.57. The van der Waals surface area contributed by atoms with Crippen molar-refractivity contribution in [1.29, 1.82) is 0 Å². The van der Waals surface area contributed by atoms with E-state index in [0.29, 0.717) is 22.1 Å². The van der Waals surface area contributed by atoms with Crippen molar-refractivity contribution in [2.45, 2.75) is 0 Å². The Bertz CT molecular complexity index is 784. The Labute approximate surface area is 165 Å². The average molecular weight is 441 g/mol. The van der Waals surface area contributed by atoms with E-state index in [1.54, 1.807) is 61.5 Å². The Kier molecular flexibility index (Phi) is 7.44. The molecule has 0 bridgehead atoms. The van der Waals surface area contributed by atoms with Crippen LogP contribution in [0.15, 0.2) is 46.9 Å². The standard InChI is InChI=1S/C18H19BrClN3O3/c1-23(10-17(24)21-13-4-6-14(26-2)7-5-13)11-18(25)22-16-8-3-12(19)9-15(16)20/h3-9H,10-11H2,1-2H3,(H,21,24)(H,22,25). The molecule has 0 unspecified atom stereocenters. The van der Waals surface area contributed by atoms with Gasteiger partial charge in [-0.05, 0) is 49.5 Å². The van der Waals surface area contributed by atoms with Crippen LogP contribution in [0.25, 0.3) is 0 Å². The summed E-state index contributed by atoms with van der Waals surface area (Å²) in [5.74, 6) is 0.240. The summed E-state index contributed by atoms with van der Waals surface area (Å²) in [6, 6.07) is 12.2. The Hall–Kier alpha value is -2.09. The number of nitrogens with one attached hydrogen (secondary N) is 2. The number of ether oxygens (including phenoxy) is 1. The molecule has 26 heavy (non-hydrogen) atoms. The van der Waals surface area contributed by atoms with Crippen LogP contribution >= 0.6 is 27.5 Å². The molecule has 0 aliphatic carbocycles. The van der Waals surface area contributed by atoms with Crippen molar-refractivity contribution >= 4 is 50.7 Å². The summed E-state index contributed by atoms with van der Waals surface area (Å²) in [5.41, 5.74) is 1.19. The fourth-order valence-electron chi connectivity index (χ4n) is 2.20. The summed E-state index contributed by atoms with van der Waals surface area (Å²) >= 11 is 9.38. The smallest absolute Gasteiger partial charge is 0.238 e. The Balaban J connectivity index is 1.81. The Morgan fingerprint density at radius 3 is 2.27 bits per heavy atom. The molecule has 0 aliphatic rings. The van der Waals surface area contributed by atoms with E-state index in [0.717, 1.165) is 4.47 Å². The predicted molar refractivity (Wildman–Crippen MR) is 107 cm³/mol. The first kappa shape index (κ1) is 20.2. The zero-order valence-corrected chi connectivity index (χ0v) is 16.7. The predicted octanol–water partition coefficient (Wildman–Crippen LogP) is 3.62. The SMILES string of the molecule is COc1ccc(NC(=O)CN(C)CC(=O)Nc2ccc(Br)cc2Cl)cc1. The molecule has 0 saturated heterocycles. The zero-order chi connectivity index (χ0) is 19.1. The number of benzene rings is 2. The molecule has 138 valence electrons. The molecule has 2 amide bonds. The fourth-order valence-corrected chi connectivity index (χ4v) is 2.92. The highest BCUT2D eigenvalue weighted by molar-refractivity contribution is 9.10. The number of hydrogen-bond acceptors (Lipinski definition) is 4. The van der Waals surface area contributed by atoms with Gasteiger partial charge < -0.3 is 15.4 Å². The largest absolute Gasteiger partial charge is 0.497 e. The van der Waals surface area contributed by atoms with Crippen LogP contribution in [0.5, 0.6) is 5.75 Å². The molecule has 0 saturated carbocycles. The number of amides is 2. The molecular weight excluding hydrogens is 422 g/mol. The number of likely N-dealkylation sites (N-methyl/N-ethyl adjacent to an activating group) is 1. The van der Waals surface area contributed by atoms with Gasteiger partial charge in [0.2, 0.25) is 11.8 Å². The van der Waals surface area contributed by atoms with Crippen LogP contribution in [0, 0.1) is 0 Å². The van der Waals surface area contributed by atoms with Gasteiger partial charge >= 0.3 is 0 Å². The number of rotatable bonds is 7. The molecule has 0 heterocycles. The van der Waals surface area contributed by atoms with Crippen molar-refractivity contribution in [2.75, 3.05) is 37.9 Å². The highest BCUT2D eigenvalue weighted by Crippen LogP contribution is 2.25. The second-order valence-corrected chi connectivity index (χ2v) is 6.94. The first-order valence-corrected chi connectivity index (χ1v) is 8.92. The molecule has 0 radical (unpaired) electrons. The maximum Gasteiger partial charge on any atom is 0.238 e. The van der Waals surface area contributed by atoms with Gasteiger partial charge in [-0.1, -0.05) is 27.5 Å². The minimum Gasteiger partial charge on any atom is -0.497 e. The van der Waals surface area contributed by atoms with E-state index >= 15 is 0 Å². The van der Waals surface area contributed by atoms with Gasteiger partial charge in [0.25, 0.3) is 0 Å². The van der Waals surface area contributed by atoms with Gasteiger partial charge in [-0.15, -0.1) is 0 Å². The third kappa shape index (κ3) is 6.33. The number of anilines is 2. The third-order valence-corrected chi connectivity index (χ3v) is 4.21. The summed E-state index contributed by atoms with van der Waals surface area (Å²) in [4.78, 5) is 25.8. The summed E-state index contributed by atoms with van der Waals surface area (Å²) in [5, 5.41) is 5.93. The van der Waals surface area contributed by atoms with E-state index in [2.05, 4.69) is 26.6 Å². The van der Waals surface area contributed by atoms with Crippen LogP contribution < -0.4 is 15.4 Å². The lowest BCUT2D eigenvalue weighted by Gasteiger charge is -2.16. The molecular formula is C18H19BrClN3O3. The van der Waals surface area contributed by atoms with Crippen molar-refractivity contribution in [3.05, 3.63) is 52.0 Å². The Morgan fingerprint density at radius 2 is 1.69 bits per heavy atom. The summed E-state index contributed by atoms with van der Waals surface area (Å²) in [6.45, 7) is 0.135. The molecule has 0 aliphatic heterocycles. The maximum atomic E-state index is 12.1. The molecule has 2 N–H and O–H groups in total. The molecule has 2 rings (SSSR count). The first-order valence-electron chi connectivity index (χ1n) is 7.74. The zero-order valence-electron chi connectivity index (χ0n) is 14.4. The summed E-state index contributed by atoms with van der Waals surface area (Å²) in [6.07, 6.45) is 0. The molecule has 2 aromatic carbocycles. The number of carbonyl (C=O) groups excluding carboxylic acids is 2. The van der Waals surface area contributed by atoms with Crippen molar-refractivity contribution in [1.82, 2.24) is 4.90 Å². The fraction of sp³-hybridized carbons (Fsp3) is 0.222. The highest BCUT2D eigenvalue weighted by Gasteiger charge is 2.12. The van der Waals surface area contributed by atoms with E-state index in [9.17, 15) is 9.59 Å². The van der Waals surface area contributed by atoms with Crippen molar-refractivity contribution < 1.29 is 14.3 Å². The Morgan fingerprint density at radius 1 is 1.08 bits per heavy atom. The normalized spacial score (nSPS) is 10.5. The molecule has 0 atom stereocenters. The van der Waals surface area contributed by atoms with E-state index in [-0.39, 0.29) is 24.9 Å². The number of nitrogens with zero attached hydrogens (tertiary/aromatic N) is 1. The van der Waals surface area contributed by atoms with Crippen LogP contribution in [0.4, 0.5) is 11.4 Å². The first-order chi connectivity index (χ1) is 12.4. The number of halogens is 2.